The maximum absolute atomic E-state index is 11.3. The molecule has 1 aliphatic heterocycles. The van der Waals surface area contributed by atoms with Crippen LogP contribution in [0.2, 0.25) is 0 Å². The lowest BCUT2D eigenvalue weighted by atomic mass is 10.3. The normalized spacial score (nSPS) is 20.2. The van der Waals surface area contributed by atoms with Crippen molar-refractivity contribution in [3.8, 4) is 0 Å². The molecule has 1 radical (unpaired) electrons. The highest BCUT2D eigenvalue weighted by molar-refractivity contribution is 5.78. The molecule has 4 heteroatoms. The van der Waals surface area contributed by atoms with Crippen molar-refractivity contribution in [2.75, 3.05) is 39.8 Å². The average molecular weight is 171 g/mol. The van der Waals surface area contributed by atoms with Gasteiger partial charge in [-0.3, -0.25) is 9.69 Å². The summed E-state index contributed by atoms with van der Waals surface area (Å²) in [7, 11) is 1.93. The van der Waals surface area contributed by atoms with Gasteiger partial charge in [-0.05, 0) is 13.5 Å². The van der Waals surface area contributed by atoms with E-state index >= 15 is 0 Å². The van der Waals surface area contributed by atoms with Crippen molar-refractivity contribution in [2.24, 2.45) is 0 Å². The molecule has 1 heterocycles. The molecule has 0 aromatic heterocycles. The number of likely N-dealkylation sites (N-methyl/N-ethyl adjacent to an activating group) is 1. The van der Waals surface area contributed by atoms with Crippen LogP contribution in [-0.4, -0.2) is 55.5 Å². The third kappa shape index (κ3) is 2.46. The molecule has 0 aliphatic carbocycles. The van der Waals surface area contributed by atoms with Crippen molar-refractivity contribution >= 4 is 5.91 Å². The minimum Gasteiger partial charge on any atom is -0.340 e. The number of hydrogen-bond acceptors (Lipinski definition) is 2. The van der Waals surface area contributed by atoms with Gasteiger partial charge < -0.3 is 4.90 Å². The predicted octanol–water partition coefficient (Wildman–Crippen LogP) is -0.419. The standard InChI is InChI=1S/C8H15N2O2/c1-9-4-5-10(3-2-6-11)8(12)7-9/h2-7H2,1H3. The van der Waals surface area contributed by atoms with Crippen LogP contribution in [0, 0.1) is 0 Å². The van der Waals surface area contributed by atoms with E-state index in [1.165, 1.54) is 0 Å². The molecule has 0 atom stereocenters. The van der Waals surface area contributed by atoms with Crippen LogP contribution in [-0.2, 0) is 9.90 Å². The molecule has 0 aromatic carbocycles. The minimum atomic E-state index is -0.0837. The van der Waals surface area contributed by atoms with E-state index in [2.05, 4.69) is 0 Å². The van der Waals surface area contributed by atoms with Crippen LogP contribution < -0.4 is 0 Å². The fraction of sp³-hybridized carbons (Fsp3) is 0.875. The molecular weight excluding hydrogens is 156 g/mol. The van der Waals surface area contributed by atoms with Crippen LogP contribution in [0.5, 0.6) is 0 Å². The Bertz CT molecular complexity index is 159. The number of nitrogens with zero attached hydrogens (tertiary/aromatic N) is 2. The highest BCUT2D eigenvalue weighted by Crippen LogP contribution is 2.01. The van der Waals surface area contributed by atoms with Crippen LogP contribution in [0.15, 0.2) is 0 Å². The molecule has 0 saturated carbocycles. The van der Waals surface area contributed by atoms with Crippen LogP contribution in [0.4, 0.5) is 0 Å². The first kappa shape index (κ1) is 9.48. The van der Waals surface area contributed by atoms with Gasteiger partial charge in [-0.15, -0.1) is 0 Å². The molecule has 0 aromatic rings. The van der Waals surface area contributed by atoms with Gasteiger partial charge in [-0.1, -0.05) is 0 Å². The zero-order valence-electron chi connectivity index (χ0n) is 7.45. The Labute approximate surface area is 72.8 Å². The third-order valence-electron chi connectivity index (χ3n) is 2.08. The zero-order chi connectivity index (χ0) is 8.97. The summed E-state index contributed by atoms with van der Waals surface area (Å²) < 4.78 is 0. The molecule has 1 amide bonds. The van der Waals surface area contributed by atoms with Gasteiger partial charge in [0.15, 0.2) is 0 Å². The molecule has 1 rings (SSSR count). The average Bonchev–Trinajstić information content (AvgIpc) is 2.03. The first-order valence-corrected chi connectivity index (χ1v) is 4.28. The quantitative estimate of drug-likeness (QED) is 0.579. The van der Waals surface area contributed by atoms with Crippen molar-refractivity contribution in [1.29, 1.82) is 0 Å². The summed E-state index contributed by atoms with van der Waals surface area (Å²) in [4.78, 5) is 15.1. The van der Waals surface area contributed by atoms with Gasteiger partial charge in [0.25, 0.3) is 0 Å². The molecule has 12 heavy (non-hydrogen) atoms. The minimum absolute atomic E-state index is 0.0837. The van der Waals surface area contributed by atoms with E-state index in [1.807, 2.05) is 11.9 Å². The maximum Gasteiger partial charge on any atom is 0.236 e. The topological polar surface area (TPSA) is 43.5 Å². The molecule has 0 spiro atoms. The predicted molar refractivity (Wildman–Crippen MR) is 44.2 cm³/mol. The highest BCUT2D eigenvalue weighted by atomic mass is 16.3. The second-order valence-corrected chi connectivity index (χ2v) is 3.18. The van der Waals surface area contributed by atoms with E-state index in [9.17, 15) is 9.90 Å². The van der Waals surface area contributed by atoms with E-state index in [0.29, 0.717) is 19.5 Å². The Morgan fingerprint density at radius 3 is 2.75 bits per heavy atom. The zero-order valence-corrected chi connectivity index (χ0v) is 7.45. The van der Waals surface area contributed by atoms with Gasteiger partial charge in [0, 0.05) is 19.6 Å². The third-order valence-corrected chi connectivity index (χ3v) is 2.08. The van der Waals surface area contributed by atoms with Crippen LogP contribution in [0.1, 0.15) is 6.42 Å². The smallest absolute Gasteiger partial charge is 0.236 e. The number of hydrogen-bond donors (Lipinski definition) is 0. The number of piperazine rings is 1. The Kier molecular flexibility index (Phi) is 3.49. The maximum atomic E-state index is 11.3. The molecule has 0 unspecified atom stereocenters. The molecule has 0 bridgehead atoms. The highest BCUT2D eigenvalue weighted by Gasteiger charge is 2.20. The van der Waals surface area contributed by atoms with E-state index in [4.69, 9.17) is 0 Å². The van der Waals surface area contributed by atoms with Gasteiger partial charge in [-0.25, -0.2) is 5.11 Å². The summed E-state index contributed by atoms with van der Waals surface area (Å²) in [5, 5.41) is 10.2. The summed E-state index contributed by atoms with van der Waals surface area (Å²) >= 11 is 0. The van der Waals surface area contributed by atoms with E-state index < -0.39 is 0 Å². The van der Waals surface area contributed by atoms with Crippen LogP contribution in [0.25, 0.3) is 0 Å². The summed E-state index contributed by atoms with van der Waals surface area (Å²) in [6.07, 6.45) is 0.579. The fourth-order valence-electron chi connectivity index (χ4n) is 1.32. The second-order valence-electron chi connectivity index (χ2n) is 3.18. The van der Waals surface area contributed by atoms with Gasteiger partial charge in [-0.2, -0.15) is 0 Å². The first-order valence-electron chi connectivity index (χ1n) is 4.28. The van der Waals surface area contributed by atoms with Crippen molar-refractivity contribution in [1.82, 2.24) is 9.80 Å². The van der Waals surface area contributed by atoms with E-state index in [-0.39, 0.29) is 12.5 Å². The number of rotatable bonds is 3. The lowest BCUT2D eigenvalue weighted by molar-refractivity contribution is -0.135. The van der Waals surface area contributed by atoms with Crippen LogP contribution >= 0.6 is 0 Å². The van der Waals surface area contributed by atoms with Gasteiger partial charge >= 0.3 is 0 Å². The van der Waals surface area contributed by atoms with Gasteiger partial charge in [0.05, 0.1) is 13.2 Å². The number of amides is 1. The van der Waals surface area contributed by atoms with Crippen molar-refractivity contribution in [3.63, 3.8) is 0 Å². The lowest BCUT2D eigenvalue weighted by Gasteiger charge is -2.31. The molecule has 0 N–H and O–H groups in total. The largest absolute Gasteiger partial charge is 0.340 e. The van der Waals surface area contributed by atoms with Gasteiger partial charge in [0.1, 0.15) is 0 Å². The van der Waals surface area contributed by atoms with Crippen LogP contribution in [0.3, 0.4) is 0 Å². The summed E-state index contributed by atoms with van der Waals surface area (Å²) in [5.74, 6) is 0.150. The Morgan fingerprint density at radius 1 is 1.42 bits per heavy atom. The first-order chi connectivity index (χ1) is 5.74. The summed E-state index contributed by atoms with van der Waals surface area (Å²) in [5.41, 5.74) is 0. The van der Waals surface area contributed by atoms with E-state index in [1.54, 1.807) is 4.90 Å². The van der Waals surface area contributed by atoms with Gasteiger partial charge in [0.2, 0.25) is 5.91 Å². The Hall–Kier alpha value is -0.610. The molecular formula is C8H15N2O2. The van der Waals surface area contributed by atoms with Crippen molar-refractivity contribution in [3.05, 3.63) is 0 Å². The Morgan fingerprint density at radius 2 is 2.17 bits per heavy atom. The Balaban J connectivity index is 2.30. The number of carbonyl (C=O) groups is 1. The van der Waals surface area contributed by atoms with Crippen molar-refractivity contribution in [2.45, 2.75) is 6.42 Å². The summed E-state index contributed by atoms with van der Waals surface area (Å²) in [6, 6.07) is 0. The molecule has 1 fully saturated rings. The van der Waals surface area contributed by atoms with Crippen molar-refractivity contribution < 1.29 is 9.90 Å². The van der Waals surface area contributed by atoms with E-state index in [0.717, 1.165) is 13.1 Å². The molecule has 1 saturated heterocycles. The number of carbonyl (C=O) groups excluding carboxylic acids is 1. The molecule has 1 aliphatic rings. The molecule has 4 nitrogen and oxygen atoms in total. The fourth-order valence-corrected chi connectivity index (χ4v) is 1.32. The monoisotopic (exact) mass is 171 g/mol. The SMILES string of the molecule is CN1CCN(CCC[O])C(=O)C1. The lowest BCUT2D eigenvalue weighted by Crippen LogP contribution is -2.49. The second kappa shape index (κ2) is 4.42. The summed E-state index contributed by atoms with van der Waals surface area (Å²) in [6.45, 7) is 2.74. The molecule has 69 valence electrons.